The molecule has 0 fully saturated rings. The van der Waals surface area contributed by atoms with E-state index in [1.54, 1.807) is 12.3 Å². The quantitative estimate of drug-likeness (QED) is 0.913. The van der Waals surface area contributed by atoms with Gasteiger partial charge in [0.05, 0.1) is 5.69 Å². The Morgan fingerprint density at radius 2 is 2.05 bits per heavy atom. The highest BCUT2D eigenvalue weighted by molar-refractivity contribution is 5.89. The summed E-state index contributed by atoms with van der Waals surface area (Å²) in [6, 6.07) is 6.55. The number of hydrogen-bond donors (Lipinski definition) is 2. The van der Waals surface area contributed by atoms with Crippen LogP contribution in [0.1, 0.15) is 5.56 Å². The van der Waals surface area contributed by atoms with Crippen molar-refractivity contribution < 1.29 is 13.6 Å². The molecular weight excluding hydrogens is 290 g/mol. The summed E-state index contributed by atoms with van der Waals surface area (Å²) < 4.78 is 26.5. The number of carbonyl (C=O) groups excluding carboxylic acids is 1. The number of urea groups is 1. The first-order valence-corrected chi connectivity index (χ1v) is 6.58. The van der Waals surface area contributed by atoms with Crippen LogP contribution >= 0.6 is 0 Å². The second-order valence-electron chi connectivity index (χ2n) is 4.83. The Hall–Kier alpha value is -2.70. The van der Waals surface area contributed by atoms with Crippen LogP contribution in [0.3, 0.4) is 0 Å². The number of halogens is 2. The summed E-state index contributed by atoms with van der Waals surface area (Å²) in [6.45, 7) is 0.242. The minimum absolute atomic E-state index is 0.207. The smallest absolute Gasteiger partial charge is 0.319 e. The minimum Gasteiger partial charge on any atom is -0.363 e. The number of aromatic nitrogens is 1. The Labute approximate surface area is 127 Å². The molecule has 22 heavy (non-hydrogen) atoms. The fourth-order valence-corrected chi connectivity index (χ4v) is 1.76. The van der Waals surface area contributed by atoms with Crippen LogP contribution in [0, 0.1) is 11.6 Å². The summed E-state index contributed by atoms with van der Waals surface area (Å²) in [5.41, 5.74) is 0.634. The predicted octanol–water partition coefficient (Wildman–Crippen LogP) is 2.75. The molecule has 0 aliphatic heterocycles. The summed E-state index contributed by atoms with van der Waals surface area (Å²) in [5, 5.41) is 4.84. The van der Waals surface area contributed by atoms with E-state index in [4.69, 9.17) is 0 Å². The number of nitrogens with one attached hydrogen (secondary N) is 2. The van der Waals surface area contributed by atoms with Gasteiger partial charge in [0.2, 0.25) is 0 Å². The molecule has 2 amide bonds. The van der Waals surface area contributed by atoms with Crippen molar-refractivity contribution in [3.05, 3.63) is 53.7 Å². The number of benzene rings is 1. The first kappa shape index (κ1) is 15.7. The lowest BCUT2D eigenvalue weighted by atomic mass is 10.2. The van der Waals surface area contributed by atoms with E-state index < -0.39 is 17.7 Å². The van der Waals surface area contributed by atoms with E-state index in [1.165, 1.54) is 12.1 Å². The molecular formula is C15H16F2N4O. The van der Waals surface area contributed by atoms with E-state index in [9.17, 15) is 13.6 Å². The molecule has 0 bridgehead atoms. The van der Waals surface area contributed by atoms with E-state index in [0.29, 0.717) is 0 Å². The van der Waals surface area contributed by atoms with Gasteiger partial charge in [0.25, 0.3) is 0 Å². The first-order chi connectivity index (χ1) is 10.5. The zero-order valence-corrected chi connectivity index (χ0v) is 12.2. The molecule has 116 valence electrons. The number of pyridine rings is 1. The van der Waals surface area contributed by atoms with Crippen molar-refractivity contribution in [1.82, 2.24) is 10.3 Å². The molecule has 0 atom stereocenters. The molecule has 0 radical (unpaired) electrons. The lowest BCUT2D eigenvalue weighted by Gasteiger charge is -2.13. The van der Waals surface area contributed by atoms with Crippen LogP contribution in [0.25, 0.3) is 0 Å². The molecule has 1 aromatic heterocycles. The molecule has 0 saturated carbocycles. The van der Waals surface area contributed by atoms with Gasteiger partial charge >= 0.3 is 6.03 Å². The van der Waals surface area contributed by atoms with Crippen LogP contribution < -0.4 is 15.5 Å². The van der Waals surface area contributed by atoms with Crippen molar-refractivity contribution in [3.8, 4) is 0 Å². The number of carbonyl (C=O) groups is 1. The molecule has 1 heterocycles. The Balaban J connectivity index is 1.96. The molecule has 1 aromatic carbocycles. The molecule has 0 spiro atoms. The molecule has 7 heteroatoms. The van der Waals surface area contributed by atoms with Gasteiger partial charge in [0, 0.05) is 26.8 Å². The number of hydrogen-bond acceptors (Lipinski definition) is 3. The molecule has 0 aliphatic carbocycles. The average Bonchev–Trinajstić information content (AvgIpc) is 2.50. The minimum atomic E-state index is -1.09. The van der Waals surface area contributed by atoms with Crippen molar-refractivity contribution in [2.45, 2.75) is 6.54 Å². The summed E-state index contributed by atoms with van der Waals surface area (Å²) in [6.07, 6.45) is 1.64. The highest BCUT2D eigenvalue weighted by Gasteiger charge is 2.10. The van der Waals surface area contributed by atoms with Crippen LogP contribution in [0.4, 0.5) is 25.1 Å². The van der Waals surface area contributed by atoms with Gasteiger partial charge in [0.1, 0.15) is 5.82 Å². The van der Waals surface area contributed by atoms with Gasteiger partial charge in [-0.05, 0) is 29.8 Å². The fraction of sp³-hybridized carbons (Fsp3) is 0.200. The summed E-state index contributed by atoms with van der Waals surface area (Å²) >= 11 is 0. The van der Waals surface area contributed by atoms with E-state index in [1.807, 2.05) is 25.1 Å². The normalized spacial score (nSPS) is 10.2. The molecule has 2 N–H and O–H groups in total. The van der Waals surface area contributed by atoms with Crippen molar-refractivity contribution in [2.24, 2.45) is 0 Å². The van der Waals surface area contributed by atoms with Crippen molar-refractivity contribution in [2.75, 3.05) is 24.3 Å². The molecule has 0 saturated heterocycles. The standard InChI is InChI=1S/C15H16F2N4O/c1-21(2)13-8-10(6-7-18-13)9-19-15(22)20-12-5-3-4-11(16)14(12)17/h3-8H,9H2,1-2H3,(H2,19,20,22). The van der Waals surface area contributed by atoms with Crippen molar-refractivity contribution >= 4 is 17.5 Å². The molecule has 0 aliphatic rings. The summed E-state index contributed by atoms with van der Waals surface area (Å²) in [7, 11) is 3.72. The Bertz CT molecular complexity index is 676. The maximum Gasteiger partial charge on any atom is 0.319 e. The maximum absolute atomic E-state index is 13.4. The Morgan fingerprint density at radius 3 is 2.77 bits per heavy atom. The molecule has 5 nitrogen and oxygen atoms in total. The van der Waals surface area contributed by atoms with Gasteiger partial charge in [-0.15, -0.1) is 0 Å². The van der Waals surface area contributed by atoms with Crippen LogP contribution in [0.5, 0.6) is 0 Å². The number of anilines is 2. The van der Waals surface area contributed by atoms with Crippen LogP contribution in [-0.4, -0.2) is 25.1 Å². The van der Waals surface area contributed by atoms with E-state index in [0.717, 1.165) is 17.4 Å². The van der Waals surface area contributed by atoms with Gasteiger partial charge in [-0.1, -0.05) is 6.07 Å². The largest absolute Gasteiger partial charge is 0.363 e. The second kappa shape index (κ2) is 6.84. The van der Waals surface area contributed by atoms with Gasteiger partial charge < -0.3 is 15.5 Å². The fourth-order valence-electron chi connectivity index (χ4n) is 1.76. The van der Waals surface area contributed by atoms with Crippen LogP contribution in [0.2, 0.25) is 0 Å². The van der Waals surface area contributed by atoms with Gasteiger partial charge in [-0.25, -0.2) is 18.6 Å². The zero-order valence-electron chi connectivity index (χ0n) is 12.2. The second-order valence-corrected chi connectivity index (χ2v) is 4.83. The third kappa shape index (κ3) is 3.91. The monoisotopic (exact) mass is 306 g/mol. The lowest BCUT2D eigenvalue weighted by molar-refractivity contribution is 0.251. The number of nitrogens with zero attached hydrogens (tertiary/aromatic N) is 2. The SMILES string of the molecule is CN(C)c1cc(CNC(=O)Nc2cccc(F)c2F)ccn1. The third-order valence-corrected chi connectivity index (χ3v) is 2.92. The Kier molecular flexibility index (Phi) is 4.88. The third-order valence-electron chi connectivity index (χ3n) is 2.92. The van der Waals surface area contributed by atoms with Crippen molar-refractivity contribution in [1.29, 1.82) is 0 Å². The predicted molar refractivity (Wildman–Crippen MR) is 80.8 cm³/mol. The number of amides is 2. The average molecular weight is 306 g/mol. The summed E-state index contributed by atoms with van der Waals surface area (Å²) in [5.74, 6) is -1.34. The van der Waals surface area contributed by atoms with Gasteiger partial charge in [-0.2, -0.15) is 0 Å². The highest BCUT2D eigenvalue weighted by Crippen LogP contribution is 2.16. The molecule has 0 unspecified atom stereocenters. The van der Waals surface area contributed by atoms with E-state index in [-0.39, 0.29) is 12.2 Å². The van der Waals surface area contributed by atoms with Crippen LogP contribution in [-0.2, 0) is 6.54 Å². The molecule has 2 aromatic rings. The van der Waals surface area contributed by atoms with Crippen LogP contribution in [0.15, 0.2) is 36.5 Å². The van der Waals surface area contributed by atoms with Gasteiger partial charge in [0.15, 0.2) is 11.6 Å². The van der Waals surface area contributed by atoms with Gasteiger partial charge in [-0.3, -0.25) is 0 Å². The maximum atomic E-state index is 13.4. The first-order valence-electron chi connectivity index (χ1n) is 6.58. The van der Waals surface area contributed by atoms with E-state index in [2.05, 4.69) is 15.6 Å². The topological polar surface area (TPSA) is 57.3 Å². The zero-order chi connectivity index (χ0) is 16.1. The highest BCUT2D eigenvalue weighted by atomic mass is 19.2. The Morgan fingerprint density at radius 1 is 1.27 bits per heavy atom. The summed E-state index contributed by atoms with van der Waals surface area (Å²) in [4.78, 5) is 17.7. The number of rotatable bonds is 4. The van der Waals surface area contributed by atoms with E-state index >= 15 is 0 Å². The molecule has 2 rings (SSSR count). The van der Waals surface area contributed by atoms with Crippen molar-refractivity contribution in [3.63, 3.8) is 0 Å². The lowest BCUT2D eigenvalue weighted by Crippen LogP contribution is -2.28.